The monoisotopic (exact) mass is 690 g/mol. The van der Waals surface area contributed by atoms with E-state index in [0.29, 0.717) is 37.5 Å². The summed E-state index contributed by atoms with van der Waals surface area (Å²) in [6.45, 7) is 14.3. The van der Waals surface area contributed by atoms with Gasteiger partial charge in [-0.2, -0.15) is 0 Å². The first-order valence-corrected chi connectivity index (χ1v) is 18.5. The van der Waals surface area contributed by atoms with E-state index >= 15 is 0 Å². The number of aliphatic hydroxyl groups is 4. The first-order chi connectivity index (χ1) is 23.1. The van der Waals surface area contributed by atoms with Crippen molar-refractivity contribution in [2.75, 3.05) is 26.2 Å². The smallest absolute Gasteiger partial charge is 0.410 e. The van der Waals surface area contributed by atoms with Gasteiger partial charge in [-0.3, -0.25) is 4.79 Å². The fourth-order valence-corrected chi connectivity index (χ4v) is 7.51. The second-order valence-electron chi connectivity index (χ2n) is 15.5. The number of carbonyl (C=O) groups excluding carboxylic acids is 2. The number of hydrogen-bond acceptors (Lipinski definition) is 10. The normalized spacial score (nSPS) is 35.3. The first-order valence-electron chi connectivity index (χ1n) is 18.5. The van der Waals surface area contributed by atoms with Crippen molar-refractivity contribution in [3.8, 4) is 0 Å². The predicted molar refractivity (Wildman–Crippen MR) is 187 cm³/mol. The predicted octanol–water partition coefficient (Wildman–Crippen LogP) is 4.27. The molecule has 4 rings (SSSR count). The second kappa shape index (κ2) is 17.3. The first kappa shape index (κ1) is 39.5. The summed E-state index contributed by atoms with van der Waals surface area (Å²) in [6.07, 6.45) is 10.1. The van der Waals surface area contributed by atoms with E-state index < -0.39 is 47.7 Å². The van der Waals surface area contributed by atoms with Gasteiger partial charge in [0.15, 0.2) is 6.10 Å². The van der Waals surface area contributed by atoms with Crippen LogP contribution in [0.15, 0.2) is 36.0 Å². The van der Waals surface area contributed by atoms with Crippen LogP contribution in [0.3, 0.4) is 0 Å². The van der Waals surface area contributed by atoms with Crippen LogP contribution in [-0.2, 0) is 19.0 Å². The Kier molecular flexibility index (Phi) is 13.9. The van der Waals surface area contributed by atoms with Crippen molar-refractivity contribution < 1.29 is 44.2 Å². The zero-order valence-corrected chi connectivity index (χ0v) is 30.5. The summed E-state index contributed by atoms with van der Waals surface area (Å²) >= 11 is 0. The molecule has 0 aromatic heterocycles. The number of amides is 1. The highest BCUT2D eigenvalue weighted by atomic mass is 16.6. The number of esters is 1. The molecule has 4 aliphatic heterocycles. The molecule has 3 fully saturated rings. The molecule has 0 radical (unpaired) electrons. The lowest BCUT2D eigenvalue weighted by atomic mass is 9.88. The maximum absolute atomic E-state index is 13.4. The van der Waals surface area contributed by atoms with E-state index in [1.54, 1.807) is 49.1 Å². The average molecular weight is 691 g/mol. The van der Waals surface area contributed by atoms with E-state index in [1.807, 2.05) is 27.7 Å². The zero-order valence-electron chi connectivity index (χ0n) is 30.5. The highest BCUT2D eigenvalue weighted by molar-refractivity contribution is 5.70. The van der Waals surface area contributed by atoms with E-state index in [9.17, 15) is 30.0 Å². The van der Waals surface area contributed by atoms with Crippen molar-refractivity contribution in [3.63, 3.8) is 0 Å². The number of aliphatic hydroxyl groups excluding tert-OH is 2. The van der Waals surface area contributed by atoms with Crippen molar-refractivity contribution in [2.24, 2.45) is 11.8 Å². The topological polar surface area (TPSA) is 153 Å². The van der Waals surface area contributed by atoms with E-state index in [4.69, 9.17) is 14.2 Å². The average Bonchev–Trinajstić information content (AvgIpc) is 3.57. The third kappa shape index (κ3) is 11.4. The number of carbonyl (C=O) groups is 2. The lowest BCUT2D eigenvalue weighted by Gasteiger charge is -2.38. The molecule has 4 N–H and O–H groups in total. The molecule has 4 aliphatic rings. The summed E-state index contributed by atoms with van der Waals surface area (Å²) in [7, 11) is 0. The number of nitrogens with zero attached hydrogens (tertiary/aromatic N) is 2. The van der Waals surface area contributed by atoms with Crippen LogP contribution >= 0.6 is 0 Å². The molecule has 0 saturated carbocycles. The standard InChI is InChI=1S/C38H62N2O9/c1-7-30(42)27(4)35-31(47-35)24-37(5,45)17-10-11-25(2)34-26(3)12-13-32(38(6,46)18-14-29(41)23-33(43)49-34)48-36(44)40-21-15-28(16-22-40)39-19-8-9-20-39/h10-13,17,26-32,34-35,41-42,45-46H,7-9,14-16,18-24H2,1-6H3. The number of rotatable bonds is 10. The molecular weight excluding hydrogens is 628 g/mol. The summed E-state index contributed by atoms with van der Waals surface area (Å²) in [6, 6.07) is 0.490. The summed E-state index contributed by atoms with van der Waals surface area (Å²) in [4.78, 5) is 30.5. The van der Waals surface area contributed by atoms with Crippen molar-refractivity contribution in [3.05, 3.63) is 36.0 Å². The molecule has 0 aromatic rings. The Bertz CT molecular complexity index is 1190. The lowest BCUT2D eigenvalue weighted by Crippen LogP contribution is -2.49. The molecule has 1 amide bonds. The van der Waals surface area contributed by atoms with Gasteiger partial charge in [0.1, 0.15) is 11.7 Å². The highest BCUT2D eigenvalue weighted by Crippen LogP contribution is 2.37. The minimum Gasteiger partial charge on any atom is -0.457 e. The molecule has 10 atom stereocenters. The Morgan fingerprint density at radius 2 is 1.86 bits per heavy atom. The minimum absolute atomic E-state index is 0.00950. The Hall–Kier alpha value is -2.28. The molecule has 49 heavy (non-hydrogen) atoms. The Labute approximate surface area is 293 Å². The van der Waals surface area contributed by atoms with Gasteiger partial charge < -0.3 is 44.4 Å². The van der Waals surface area contributed by atoms with Gasteiger partial charge in [-0.15, -0.1) is 0 Å². The SMILES string of the molecule is CCC(O)C(C)C1OC1CC(C)(O)C=CC=C(C)C1OC(=O)CC(O)CCC(C)(O)C(OC(=O)N2CCC(N3CCCC3)CC2)C=CC1C. The van der Waals surface area contributed by atoms with Crippen LogP contribution in [0, 0.1) is 11.8 Å². The van der Waals surface area contributed by atoms with Gasteiger partial charge in [0.25, 0.3) is 0 Å². The quantitative estimate of drug-likeness (QED) is 0.113. The Balaban J connectivity index is 1.43. The van der Waals surface area contributed by atoms with Gasteiger partial charge in [0.2, 0.25) is 0 Å². The van der Waals surface area contributed by atoms with Crippen molar-refractivity contribution >= 4 is 12.1 Å². The Morgan fingerprint density at radius 3 is 2.51 bits per heavy atom. The summed E-state index contributed by atoms with van der Waals surface area (Å²) in [5.41, 5.74) is -1.92. The van der Waals surface area contributed by atoms with E-state index in [-0.39, 0.29) is 43.3 Å². The molecule has 11 heteroatoms. The number of hydrogen-bond donors (Lipinski definition) is 4. The zero-order chi connectivity index (χ0) is 35.9. The molecule has 0 spiro atoms. The van der Waals surface area contributed by atoms with Gasteiger partial charge in [-0.25, -0.2) is 4.79 Å². The van der Waals surface area contributed by atoms with E-state index in [0.717, 1.165) is 25.9 Å². The summed E-state index contributed by atoms with van der Waals surface area (Å²) in [5.74, 6) is -0.932. The molecule has 4 heterocycles. The highest BCUT2D eigenvalue weighted by Gasteiger charge is 2.47. The number of ether oxygens (including phenoxy) is 3. The number of likely N-dealkylation sites (tertiary alicyclic amines) is 2. The molecule has 0 aliphatic carbocycles. The fourth-order valence-electron chi connectivity index (χ4n) is 7.51. The van der Waals surface area contributed by atoms with Gasteiger partial charge in [0, 0.05) is 37.4 Å². The third-order valence-electron chi connectivity index (χ3n) is 11.0. The molecule has 11 nitrogen and oxygen atoms in total. The van der Waals surface area contributed by atoms with Crippen LogP contribution in [0.1, 0.15) is 99.3 Å². The third-order valence-corrected chi connectivity index (χ3v) is 11.0. The number of piperidine rings is 1. The van der Waals surface area contributed by atoms with E-state index in [1.165, 1.54) is 12.8 Å². The maximum Gasteiger partial charge on any atom is 0.410 e. The number of allylic oxidation sites excluding steroid dienone is 2. The van der Waals surface area contributed by atoms with Crippen LogP contribution in [0.2, 0.25) is 0 Å². The van der Waals surface area contributed by atoms with Gasteiger partial charge in [-0.05, 0) is 90.5 Å². The largest absolute Gasteiger partial charge is 0.457 e. The van der Waals surface area contributed by atoms with Gasteiger partial charge >= 0.3 is 12.1 Å². The number of epoxide rings is 1. The van der Waals surface area contributed by atoms with Gasteiger partial charge in [-0.1, -0.05) is 45.1 Å². The lowest BCUT2D eigenvalue weighted by molar-refractivity contribution is -0.151. The van der Waals surface area contributed by atoms with Crippen molar-refractivity contribution in [2.45, 2.75) is 153 Å². The van der Waals surface area contributed by atoms with Crippen LogP contribution in [0.5, 0.6) is 0 Å². The van der Waals surface area contributed by atoms with Crippen LogP contribution in [-0.4, -0.2) is 122 Å². The van der Waals surface area contributed by atoms with Gasteiger partial charge in [0.05, 0.1) is 36.4 Å². The molecule has 278 valence electrons. The second-order valence-corrected chi connectivity index (χ2v) is 15.5. The van der Waals surface area contributed by atoms with Crippen LogP contribution < -0.4 is 0 Å². The summed E-state index contributed by atoms with van der Waals surface area (Å²) in [5, 5.41) is 43.3. The maximum atomic E-state index is 13.4. The molecule has 10 unspecified atom stereocenters. The van der Waals surface area contributed by atoms with Crippen molar-refractivity contribution in [1.82, 2.24) is 9.80 Å². The van der Waals surface area contributed by atoms with Crippen LogP contribution in [0.4, 0.5) is 4.79 Å². The van der Waals surface area contributed by atoms with Crippen LogP contribution in [0.25, 0.3) is 0 Å². The minimum atomic E-state index is -1.48. The molecule has 3 saturated heterocycles. The molecular formula is C38H62N2O9. The molecule has 0 bridgehead atoms. The number of cyclic esters (lactones) is 1. The summed E-state index contributed by atoms with van der Waals surface area (Å²) < 4.78 is 17.6. The Morgan fingerprint density at radius 1 is 1.18 bits per heavy atom. The molecule has 0 aromatic carbocycles. The van der Waals surface area contributed by atoms with E-state index in [2.05, 4.69) is 4.90 Å². The van der Waals surface area contributed by atoms with Crippen molar-refractivity contribution in [1.29, 1.82) is 0 Å². The fraction of sp³-hybridized carbons (Fsp3) is 0.789.